The van der Waals surface area contributed by atoms with Gasteiger partial charge in [-0.05, 0) is 53.2 Å². The molecule has 8 heteroatoms. The van der Waals surface area contributed by atoms with Crippen LogP contribution in [0.5, 0.6) is 0 Å². The summed E-state index contributed by atoms with van der Waals surface area (Å²) in [6.45, 7) is 7.32. The summed E-state index contributed by atoms with van der Waals surface area (Å²) in [4.78, 5) is 18.6. The van der Waals surface area contributed by atoms with Gasteiger partial charge in [-0.3, -0.25) is 14.1 Å². The topological polar surface area (TPSA) is 94.3 Å². The second-order valence-electron chi connectivity index (χ2n) is 10.9. The minimum atomic E-state index is 0.0973. The first-order valence-electron chi connectivity index (χ1n) is 13.6. The standard InChI is InChI=1S/C29H37N7O/c1-4-5-11-23-20-36(26-14-7-6-10-17-29(26,2)3)28(37)35(23)19-22-16-15-21(18-30-22)24-12-8-9-13-25(24)27-31-33-34-32-27/h8-9,12-13,15-16,18,20,26H,4-7,10-11,14,17,19H2,1-3H3,(H,31,32,33,34). The van der Waals surface area contributed by atoms with E-state index in [0.29, 0.717) is 12.4 Å². The van der Waals surface area contributed by atoms with Crippen LogP contribution in [0.4, 0.5) is 0 Å². The van der Waals surface area contributed by atoms with E-state index in [4.69, 9.17) is 4.98 Å². The van der Waals surface area contributed by atoms with Crippen LogP contribution < -0.4 is 5.69 Å². The van der Waals surface area contributed by atoms with E-state index in [1.165, 1.54) is 19.3 Å². The monoisotopic (exact) mass is 499 g/mol. The molecule has 37 heavy (non-hydrogen) atoms. The lowest BCUT2D eigenvalue weighted by molar-refractivity contribution is 0.195. The third-order valence-corrected chi connectivity index (χ3v) is 7.89. The van der Waals surface area contributed by atoms with Gasteiger partial charge in [0, 0.05) is 35.3 Å². The normalized spacial score (nSPS) is 17.5. The molecule has 3 heterocycles. The minimum Gasteiger partial charge on any atom is -0.295 e. The van der Waals surface area contributed by atoms with Crippen LogP contribution in [0.1, 0.15) is 83.1 Å². The molecule has 1 N–H and O–H groups in total. The SMILES string of the molecule is CCCCc1cn(C2CCCCCC2(C)C)c(=O)n1Cc1ccc(-c2ccccc2-c2nnn[nH]2)cn1. The number of hydrogen-bond acceptors (Lipinski definition) is 5. The van der Waals surface area contributed by atoms with Crippen LogP contribution >= 0.6 is 0 Å². The largest absolute Gasteiger partial charge is 0.328 e. The number of hydrogen-bond donors (Lipinski definition) is 1. The smallest absolute Gasteiger partial charge is 0.295 e. The van der Waals surface area contributed by atoms with Gasteiger partial charge >= 0.3 is 5.69 Å². The molecule has 5 rings (SSSR count). The van der Waals surface area contributed by atoms with E-state index in [-0.39, 0.29) is 17.1 Å². The Morgan fingerprint density at radius 3 is 2.65 bits per heavy atom. The van der Waals surface area contributed by atoms with Gasteiger partial charge in [0.1, 0.15) is 0 Å². The summed E-state index contributed by atoms with van der Waals surface area (Å²) in [7, 11) is 0. The molecule has 3 aromatic heterocycles. The van der Waals surface area contributed by atoms with Crippen molar-refractivity contribution in [3.8, 4) is 22.5 Å². The Bertz CT molecular complexity index is 1370. The van der Waals surface area contributed by atoms with Crippen molar-refractivity contribution >= 4 is 0 Å². The number of aromatic amines is 1. The fourth-order valence-corrected chi connectivity index (χ4v) is 5.72. The predicted molar refractivity (Wildman–Crippen MR) is 145 cm³/mol. The van der Waals surface area contributed by atoms with Crippen LogP contribution in [0.3, 0.4) is 0 Å². The Labute approximate surface area is 218 Å². The number of H-pyrrole nitrogens is 1. The fourth-order valence-electron chi connectivity index (χ4n) is 5.72. The van der Waals surface area contributed by atoms with Crippen LogP contribution in [-0.4, -0.2) is 34.7 Å². The van der Waals surface area contributed by atoms with Crippen LogP contribution in [0, 0.1) is 5.41 Å². The molecule has 4 aromatic rings. The van der Waals surface area contributed by atoms with Gasteiger partial charge in [0.2, 0.25) is 0 Å². The Morgan fingerprint density at radius 1 is 1.08 bits per heavy atom. The van der Waals surface area contributed by atoms with E-state index in [0.717, 1.165) is 60.2 Å². The van der Waals surface area contributed by atoms with E-state index in [1.807, 2.05) is 45.7 Å². The van der Waals surface area contributed by atoms with E-state index in [2.05, 4.69) is 53.7 Å². The molecule has 0 spiro atoms. The van der Waals surface area contributed by atoms with Gasteiger partial charge < -0.3 is 0 Å². The van der Waals surface area contributed by atoms with Crippen LogP contribution in [0.15, 0.2) is 53.6 Å². The third kappa shape index (κ3) is 5.29. The first-order valence-corrected chi connectivity index (χ1v) is 13.6. The highest BCUT2D eigenvalue weighted by atomic mass is 16.1. The zero-order valence-corrected chi connectivity index (χ0v) is 22.2. The molecule has 1 aliphatic carbocycles. The molecule has 0 amide bonds. The molecule has 1 aromatic carbocycles. The Kier molecular flexibility index (Phi) is 7.35. The van der Waals surface area contributed by atoms with Crippen molar-refractivity contribution in [2.45, 2.75) is 84.7 Å². The summed E-state index contributed by atoms with van der Waals surface area (Å²) in [5.74, 6) is 0.620. The maximum absolute atomic E-state index is 13.8. The molecule has 0 saturated heterocycles. The maximum atomic E-state index is 13.8. The van der Waals surface area contributed by atoms with E-state index < -0.39 is 0 Å². The van der Waals surface area contributed by atoms with Gasteiger partial charge in [-0.2, -0.15) is 0 Å². The average molecular weight is 500 g/mol. The van der Waals surface area contributed by atoms with Crippen molar-refractivity contribution in [1.82, 2.24) is 34.7 Å². The number of nitrogens with zero attached hydrogens (tertiary/aromatic N) is 6. The molecule has 1 aliphatic rings. The van der Waals surface area contributed by atoms with Gasteiger partial charge in [0.05, 0.1) is 12.2 Å². The predicted octanol–water partition coefficient (Wildman–Crippen LogP) is 5.81. The number of aryl methyl sites for hydroxylation is 1. The number of unbranched alkanes of at least 4 members (excludes halogenated alkanes) is 1. The minimum absolute atomic E-state index is 0.0973. The van der Waals surface area contributed by atoms with Crippen LogP contribution in [0.2, 0.25) is 0 Å². The zero-order valence-electron chi connectivity index (χ0n) is 22.2. The molecule has 0 radical (unpaired) electrons. The highest BCUT2D eigenvalue weighted by molar-refractivity contribution is 5.79. The van der Waals surface area contributed by atoms with Gasteiger partial charge in [-0.25, -0.2) is 9.89 Å². The van der Waals surface area contributed by atoms with Gasteiger partial charge in [-0.1, -0.05) is 76.8 Å². The highest BCUT2D eigenvalue weighted by Gasteiger charge is 2.34. The van der Waals surface area contributed by atoms with E-state index in [1.54, 1.807) is 0 Å². The molecule has 8 nitrogen and oxygen atoms in total. The van der Waals surface area contributed by atoms with Crippen molar-refractivity contribution < 1.29 is 0 Å². The number of pyridine rings is 1. The van der Waals surface area contributed by atoms with Gasteiger partial charge in [0.15, 0.2) is 5.82 Å². The van der Waals surface area contributed by atoms with Gasteiger partial charge in [0.25, 0.3) is 0 Å². The number of nitrogens with one attached hydrogen (secondary N) is 1. The van der Waals surface area contributed by atoms with Crippen molar-refractivity contribution in [2.24, 2.45) is 5.41 Å². The fraction of sp³-hybridized carbons (Fsp3) is 0.483. The summed E-state index contributed by atoms with van der Waals surface area (Å²) >= 11 is 0. The molecule has 0 bridgehead atoms. The van der Waals surface area contributed by atoms with Crippen molar-refractivity contribution in [1.29, 1.82) is 0 Å². The highest BCUT2D eigenvalue weighted by Crippen LogP contribution is 2.42. The van der Waals surface area contributed by atoms with Crippen LogP contribution in [0.25, 0.3) is 22.5 Å². The third-order valence-electron chi connectivity index (χ3n) is 7.89. The van der Waals surface area contributed by atoms with E-state index in [9.17, 15) is 4.79 Å². The molecule has 194 valence electrons. The van der Waals surface area contributed by atoms with E-state index >= 15 is 0 Å². The molecular formula is C29H37N7O. The Balaban J connectivity index is 1.45. The quantitative estimate of drug-likeness (QED) is 0.309. The molecule has 1 saturated carbocycles. The van der Waals surface area contributed by atoms with Crippen molar-refractivity contribution in [3.05, 3.63) is 70.7 Å². The molecule has 1 atom stereocenters. The van der Waals surface area contributed by atoms with Crippen molar-refractivity contribution in [3.63, 3.8) is 0 Å². The Morgan fingerprint density at radius 2 is 1.92 bits per heavy atom. The van der Waals surface area contributed by atoms with Crippen LogP contribution in [-0.2, 0) is 13.0 Å². The summed E-state index contributed by atoms with van der Waals surface area (Å²) < 4.78 is 4.00. The summed E-state index contributed by atoms with van der Waals surface area (Å²) in [6, 6.07) is 12.3. The summed E-state index contributed by atoms with van der Waals surface area (Å²) in [6.07, 6.45) is 13.0. The number of tetrazole rings is 1. The number of rotatable bonds is 8. The summed E-state index contributed by atoms with van der Waals surface area (Å²) in [5, 5.41) is 14.3. The average Bonchev–Trinajstić information content (AvgIpc) is 3.50. The molecular weight excluding hydrogens is 462 g/mol. The number of aromatic nitrogens is 7. The molecule has 1 unspecified atom stereocenters. The lowest BCUT2D eigenvalue weighted by atomic mass is 9.80. The number of imidazole rings is 1. The maximum Gasteiger partial charge on any atom is 0.328 e. The second-order valence-corrected chi connectivity index (χ2v) is 10.9. The summed E-state index contributed by atoms with van der Waals surface area (Å²) in [5.41, 5.74) is 5.10. The molecule has 1 fully saturated rings. The lowest BCUT2D eigenvalue weighted by Gasteiger charge is -2.33. The number of benzene rings is 1. The van der Waals surface area contributed by atoms with Gasteiger partial charge in [-0.15, -0.1) is 5.10 Å². The lowest BCUT2D eigenvalue weighted by Crippen LogP contribution is -2.34. The molecule has 0 aliphatic heterocycles. The first kappa shape index (κ1) is 25.1. The second kappa shape index (κ2) is 10.8. The Hall–Kier alpha value is -3.55. The first-order chi connectivity index (χ1) is 18.0. The zero-order chi connectivity index (χ0) is 25.8. The van der Waals surface area contributed by atoms with Crippen molar-refractivity contribution in [2.75, 3.05) is 0 Å².